The lowest BCUT2D eigenvalue weighted by molar-refractivity contribution is -0.0575. The van der Waals surface area contributed by atoms with E-state index in [0.717, 1.165) is 25.9 Å². The normalized spacial score (nSPS) is 15.1. The van der Waals surface area contributed by atoms with Gasteiger partial charge in [-0.3, -0.25) is 14.6 Å². The molecule has 1 fully saturated rings. The molecule has 1 aliphatic rings. The first-order valence-electron chi connectivity index (χ1n) is 12.7. The molecule has 0 spiro atoms. The third-order valence-electron chi connectivity index (χ3n) is 6.90. The van der Waals surface area contributed by atoms with Crippen LogP contribution in [0.2, 0.25) is 0 Å². The van der Waals surface area contributed by atoms with Gasteiger partial charge in [0.25, 0.3) is 5.91 Å². The van der Waals surface area contributed by atoms with Crippen LogP contribution in [0.15, 0.2) is 65.6 Å². The summed E-state index contributed by atoms with van der Waals surface area (Å²) in [6.07, 6.45) is 1.61. The average molecular weight is 564 g/mol. The Morgan fingerprint density at radius 1 is 1.10 bits per heavy atom. The lowest BCUT2D eigenvalue weighted by Gasteiger charge is -2.22. The van der Waals surface area contributed by atoms with Gasteiger partial charge in [-0.15, -0.1) is 5.10 Å². The first-order chi connectivity index (χ1) is 19.6. The van der Waals surface area contributed by atoms with Gasteiger partial charge >= 0.3 is 24.3 Å². The Morgan fingerprint density at radius 3 is 2.51 bits per heavy atom. The van der Waals surface area contributed by atoms with Gasteiger partial charge in [-0.05, 0) is 66.9 Å². The number of aryl methyl sites for hydroxylation is 1. The van der Waals surface area contributed by atoms with Crippen LogP contribution in [-0.4, -0.2) is 57.5 Å². The van der Waals surface area contributed by atoms with E-state index in [-0.39, 0.29) is 18.0 Å². The van der Waals surface area contributed by atoms with Crippen LogP contribution in [-0.2, 0) is 7.05 Å². The van der Waals surface area contributed by atoms with Crippen LogP contribution in [0, 0.1) is 6.92 Å². The predicted molar refractivity (Wildman–Crippen MR) is 148 cm³/mol. The fraction of sp³-hybridized carbons (Fsp3) is 0.250. The molecule has 212 valence electrons. The van der Waals surface area contributed by atoms with Crippen LogP contribution in [0.25, 0.3) is 16.8 Å². The monoisotopic (exact) mass is 563 g/mol. The summed E-state index contributed by atoms with van der Waals surface area (Å²) in [7, 11) is 2.89. The van der Waals surface area contributed by atoms with Crippen LogP contribution < -0.4 is 25.5 Å². The van der Waals surface area contributed by atoms with Crippen LogP contribution in [0.1, 0.15) is 22.8 Å². The van der Waals surface area contributed by atoms with Crippen molar-refractivity contribution >= 4 is 23.4 Å². The number of pyridine rings is 1. The summed E-state index contributed by atoms with van der Waals surface area (Å²) >= 11 is 0. The summed E-state index contributed by atoms with van der Waals surface area (Å²) in [5.41, 5.74) is 3.03. The third kappa shape index (κ3) is 5.01. The molecule has 2 aromatic carbocycles. The zero-order valence-electron chi connectivity index (χ0n) is 22.7. The van der Waals surface area contributed by atoms with E-state index < -0.39 is 18.3 Å². The minimum atomic E-state index is -3.14. The second kappa shape index (κ2) is 10.8. The van der Waals surface area contributed by atoms with E-state index in [1.165, 1.54) is 7.05 Å². The second-order valence-electron chi connectivity index (χ2n) is 9.50. The van der Waals surface area contributed by atoms with Gasteiger partial charge in [0.05, 0.1) is 11.7 Å². The zero-order valence-corrected chi connectivity index (χ0v) is 22.7. The first-order valence-corrected chi connectivity index (χ1v) is 12.7. The van der Waals surface area contributed by atoms with Gasteiger partial charge in [-0.25, -0.2) is 23.8 Å². The number of hydrogen-bond acceptors (Lipinski definition) is 6. The van der Waals surface area contributed by atoms with Crippen LogP contribution >= 0.6 is 0 Å². The number of aromatic nitrogens is 4. The number of rotatable bonds is 7. The van der Waals surface area contributed by atoms with Gasteiger partial charge in [-0.2, -0.15) is 8.78 Å². The van der Waals surface area contributed by atoms with Crippen LogP contribution in [0.5, 0.6) is 6.01 Å². The fourth-order valence-electron chi connectivity index (χ4n) is 4.94. The van der Waals surface area contributed by atoms with E-state index in [4.69, 9.17) is 0 Å². The van der Waals surface area contributed by atoms with Crippen molar-refractivity contribution in [3.63, 3.8) is 0 Å². The summed E-state index contributed by atoms with van der Waals surface area (Å²) in [5.74, 6) is 0.245. The van der Waals surface area contributed by atoms with E-state index in [1.54, 1.807) is 71.6 Å². The highest BCUT2D eigenvalue weighted by Gasteiger charge is 2.38. The molecule has 0 bridgehead atoms. The largest absolute Gasteiger partial charge is 0.401 e. The topological polar surface area (TPSA) is 115 Å². The number of anilines is 2. The Morgan fingerprint density at radius 2 is 1.83 bits per heavy atom. The molecule has 4 aromatic rings. The van der Waals surface area contributed by atoms with Crippen molar-refractivity contribution in [3.8, 4) is 22.8 Å². The Labute approximate surface area is 233 Å². The number of carbonyl (C=O) groups is 2. The van der Waals surface area contributed by atoms with Gasteiger partial charge in [-0.1, -0.05) is 18.2 Å². The molecule has 5 rings (SSSR count). The van der Waals surface area contributed by atoms with Crippen molar-refractivity contribution in [2.45, 2.75) is 26.5 Å². The molecule has 11 nitrogen and oxygen atoms in total. The molecule has 41 heavy (non-hydrogen) atoms. The summed E-state index contributed by atoms with van der Waals surface area (Å²) in [6.45, 7) is 1.03. The highest BCUT2D eigenvalue weighted by molar-refractivity contribution is 6.07. The summed E-state index contributed by atoms with van der Waals surface area (Å²) in [6, 6.07) is 14.4. The standard InChI is InChI=1S/C28H27F2N7O4/c1-16-15-35(28(40)36(16)21-7-5-6-19(14-21)24(38)31-3)23-17(2)22(12-13-32-23)18-8-10-20(11-9-18)37-26(41-25(29)30)33-34(4)27(37)39/h5-14,16,25H,15H2,1-4H3,(H,31,38)/t16-/m0/s1. The zero-order chi connectivity index (χ0) is 29.4. The number of urea groups is 1. The van der Waals surface area contributed by atoms with Crippen LogP contribution in [0.3, 0.4) is 0 Å². The number of amides is 3. The Balaban J connectivity index is 1.45. The Kier molecular flexibility index (Phi) is 7.26. The molecule has 3 heterocycles. The van der Waals surface area contributed by atoms with E-state index in [9.17, 15) is 23.2 Å². The maximum atomic E-state index is 13.6. The highest BCUT2D eigenvalue weighted by atomic mass is 19.3. The molecule has 0 aliphatic carbocycles. The van der Waals surface area contributed by atoms with Crippen molar-refractivity contribution in [3.05, 3.63) is 82.4 Å². The number of nitrogens with one attached hydrogen (secondary N) is 1. The predicted octanol–water partition coefficient (Wildman–Crippen LogP) is 3.74. The summed E-state index contributed by atoms with van der Waals surface area (Å²) in [4.78, 5) is 46.0. The molecule has 1 atom stereocenters. The average Bonchev–Trinajstić information content (AvgIpc) is 3.40. The minimum Gasteiger partial charge on any atom is -0.401 e. The van der Waals surface area contributed by atoms with Crippen molar-refractivity contribution in [2.75, 3.05) is 23.4 Å². The van der Waals surface area contributed by atoms with E-state index in [0.29, 0.717) is 29.3 Å². The van der Waals surface area contributed by atoms with Crippen LogP contribution in [0.4, 0.5) is 25.1 Å². The van der Waals surface area contributed by atoms with Crippen molar-refractivity contribution in [2.24, 2.45) is 7.05 Å². The van der Waals surface area contributed by atoms with E-state index in [1.807, 2.05) is 19.9 Å². The highest BCUT2D eigenvalue weighted by Crippen LogP contribution is 2.34. The number of carbonyl (C=O) groups excluding carboxylic acids is 2. The molecule has 1 aliphatic heterocycles. The second-order valence-corrected chi connectivity index (χ2v) is 9.50. The molecule has 3 amide bonds. The number of benzene rings is 2. The molecule has 13 heteroatoms. The molecular formula is C28H27F2N7O4. The molecular weight excluding hydrogens is 536 g/mol. The molecule has 0 unspecified atom stereocenters. The van der Waals surface area contributed by atoms with E-state index in [2.05, 4.69) is 20.1 Å². The van der Waals surface area contributed by atoms with E-state index >= 15 is 0 Å². The lowest BCUT2D eigenvalue weighted by atomic mass is 10.0. The maximum Gasteiger partial charge on any atom is 0.389 e. The number of ether oxygens (including phenoxy) is 1. The smallest absolute Gasteiger partial charge is 0.389 e. The number of hydrogen-bond donors (Lipinski definition) is 1. The lowest BCUT2D eigenvalue weighted by Crippen LogP contribution is -2.34. The van der Waals surface area contributed by atoms with Gasteiger partial charge in [0.15, 0.2) is 0 Å². The van der Waals surface area contributed by atoms with Gasteiger partial charge in [0.2, 0.25) is 0 Å². The van der Waals surface area contributed by atoms with Crippen molar-refractivity contribution < 1.29 is 23.1 Å². The molecule has 1 saturated heterocycles. The number of halogens is 2. The third-order valence-corrected chi connectivity index (χ3v) is 6.90. The number of nitrogens with zero attached hydrogens (tertiary/aromatic N) is 6. The number of alkyl halides is 2. The molecule has 1 N–H and O–H groups in total. The first kappa shape index (κ1) is 27.5. The quantitative estimate of drug-likeness (QED) is 0.367. The van der Waals surface area contributed by atoms with Crippen molar-refractivity contribution in [1.29, 1.82) is 0 Å². The van der Waals surface area contributed by atoms with Gasteiger partial charge in [0.1, 0.15) is 5.82 Å². The Bertz CT molecular complexity index is 1680. The molecule has 0 radical (unpaired) electrons. The van der Waals surface area contributed by atoms with Crippen molar-refractivity contribution in [1.82, 2.24) is 24.6 Å². The minimum absolute atomic E-state index is 0.186. The fourth-order valence-corrected chi connectivity index (χ4v) is 4.94. The van der Waals surface area contributed by atoms with Gasteiger partial charge in [0, 0.05) is 38.1 Å². The van der Waals surface area contributed by atoms with Gasteiger partial charge < -0.3 is 10.1 Å². The SMILES string of the molecule is CNC(=O)c1cccc(N2C(=O)N(c3nccc(-c4ccc(-n5c(OC(F)F)nn(C)c5=O)cc4)c3C)C[C@@H]2C)c1. The Hall–Kier alpha value is -5.07. The summed E-state index contributed by atoms with van der Waals surface area (Å²) < 4.78 is 32.0. The molecule has 2 aromatic heterocycles. The maximum absolute atomic E-state index is 13.6. The summed E-state index contributed by atoms with van der Waals surface area (Å²) in [5, 5.41) is 6.32. The molecule has 0 saturated carbocycles.